The molecule has 0 radical (unpaired) electrons. The maximum absolute atomic E-state index is 13.5. The lowest BCUT2D eigenvalue weighted by atomic mass is 10.1. The molecule has 0 aliphatic rings. The molecule has 2 rings (SSSR count). The molecule has 0 aliphatic heterocycles. The van der Waals surface area contributed by atoms with E-state index in [9.17, 15) is 18.0 Å². The third kappa shape index (κ3) is 7.76. The molecular formula is C25H35N3O5S. The second-order valence-corrected chi connectivity index (χ2v) is 9.92. The number of anilines is 1. The standard InChI is InChI=1S/C25H35N3O5S/c1-5-16-26-25(30)23(6-2)27(17-15-20-11-8-7-9-12-20)24(29)19-28(34(4,31)32)21-13-10-14-22(18-21)33-3/h7-14,18,23H,5-6,15-17,19H2,1-4H3,(H,26,30)/t23-/m1/s1. The van der Waals surface area contributed by atoms with Crippen LogP contribution in [-0.2, 0) is 26.0 Å². The molecule has 0 spiro atoms. The number of nitrogens with zero attached hydrogens (tertiary/aromatic N) is 2. The molecule has 0 bridgehead atoms. The fourth-order valence-electron chi connectivity index (χ4n) is 3.64. The van der Waals surface area contributed by atoms with Gasteiger partial charge in [-0.15, -0.1) is 0 Å². The molecule has 1 atom stereocenters. The molecule has 34 heavy (non-hydrogen) atoms. The molecule has 0 aromatic heterocycles. The van der Waals surface area contributed by atoms with Crippen LogP contribution in [0.3, 0.4) is 0 Å². The zero-order valence-electron chi connectivity index (χ0n) is 20.4. The predicted octanol–water partition coefficient (Wildman–Crippen LogP) is 2.84. The van der Waals surface area contributed by atoms with E-state index in [4.69, 9.17) is 4.74 Å². The highest BCUT2D eigenvalue weighted by molar-refractivity contribution is 7.92. The van der Waals surface area contributed by atoms with Crippen molar-refractivity contribution in [2.24, 2.45) is 0 Å². The van der Waals surface area contributed by atoms with Crippen molar-refractivity contribution in [3.63, 3.8) is 0 Å². The van der Waals surface area contributed by atoms with Gasteiger partial charge in [-0.3, -0.25) is 13.9 Å². The molecular weight excluding hydrogens is 454 g/mol. The first-order chi connectivity index (χ1) is 16.2. The summed E-state index contributed by atoms with van der Waals surface area (Å²) in [6.45, 7) is 4.18. The predicted molar refractivity (Wildman–Crippen MR) is 134 cm³/mol. The molecule has 9 heteroatoms. The van der Waals surface area contributed by atoms with E-state index in [1.54, 1.807) is 24.3 Å². The van der Waals surface area contributed by atoms with E-state index in [-0.39, 0.29) is 12.5 Å². The second-order valence-electron chi connectivity index (χ2n) is 8.01. The summed E-state index contributed by atoms with van der Waals surface area (Å²) >= 11 is 0. The Labute approximate surface area is 202 Å². The highest BCUT2D eigenvalue weighted by Gasteiger charge is 2.31. The van der Waals surface area contributed by atoms with E-state index in [0.29, 0.717) is 30.8 Å². The monoisotopic (exact) mass is 489 g/mol. The lowest BCUT2D eigenvalue weighted by Gasteiger charge is -2.33. The summed E-state index contributed by atoms with van der Waals surface area (Å²) in [5.41, 5.74) is 1.35. The van der Waals surface area contributed by atoms with Gasteiger partial charge in [0.1, 0.15) is 18.3 Å². The number of hydrogen-bond acceptors (Lipinski definition) is 5. The minimum absolute atomic E-state index is 0.238. The number of sulfonamides is 1. The van der Waals surface area contributed by atoms with Gasteiger partial charge in [0.25, 0.3) is 0 Å². The number of carbonyl (C=O) groups excluding carboxylic acids is 2. The summed E-state index contributed by atoms with van der Waals surface area (Å²) in [4.78, 5) is 27.9. The first kappa shape index (κ1) is 27.2. The van der Waals surface area contributed by atoms with Crippen LogP contribution in [0.5, 0.6) is 5.75 Å². The summed E-state index contributed by atoms with van der Waals surface area (Å²) in [5.74, 6) is -0.203. The quantitative estimate of drug-likeness (QED) is 0.467. The molecule has 186 valence electrons. The number of benzene rings is 2. The molecule has 1 N–H and O–H groups in total. The van der Waals surface area contributed by atoms with Gasteiger partial charge in [0.15, 0.2) is 0 Å². The van der Waals surface area contributed by atoms with E-state index >= 15 is 0 Å². The Balaban J connectivity index is 2.35. The Bertz CT molecular complexity index is 1040. The van der Waals surface area contributed by atoms with E-state index in [1.165, 1.54) is 12.0 Å². The Kier molecular flexibility index (Phi) is 10.4. The van der Waals surface area contributed by atoms with Crippen molar-refractivity contribution in [3.05, 3.63) is 60.2 Å². The van der Waals surface area contributed by atoms with Crippen molar-refractivity contribution >= 4 is 27.5 Å². The second kappa shape index (κ2) is 13.0. The molecule has 0 heterocycles. The number of ether oxygens (including phenoxy) is 1. The summed E-state index contributed by atoms with van der Waals surface area (Å²) in [7, 11) is -2.29. The van der Waals surface area contributed by atoms with Crippen molar-refractivity contribution in [1.29, 1.82) is 0 Å². The summed E-state index contributed by atoms with van der Waals surface area (Å²) in [6.07, 6.45) is 2.79. The first-order valence-electron chi connectivity index (χ1n) is 11.4. The molecule has 0 unspecified atom stereocenters. The van der Waals surface area contributed by atoms with Crippen LogP contribution < -0.4 is 14.4 Å². The van der Waals surface area contributed by atoms with E-state index in [0.717, 1.165) is 22.5 Å². The van der Waals surface area contributed by atoms with Crippen LogP contribution in [0.2, 0.25) is 0 Å². The molecule has 0 aliphatic carbocycles. The fraction of sp³-hybridized carbons (Fsp3) is 0.440. The summed E-state index contributed by atoms with van der Waals surface area (Å²) in [6, 6.07) is 15.5. The molecule has 0 saturated heterocycles. The minimum Gasteiger partial charge on any atom is -0.497 e. The topological polar surface area (TPSA) is 96.0 Å². The van der Waals surface area contributed by atoms with Crippen LogP contribution in [0, 0.1) is 0 Å². The van der Waals surface area contributed by atoms with Crippen LogP contribution >= 0.6 is 0 Å². The molecule has 0 saturated carbocycles. The van der Waals surface area contributed by atoms with Gasteiger partial charge in [0, 0.05) is 19.2 Å². The number of rotatable bonds is 13. The number of methoxy groups -OCH3 is 1. The van der Waals surface area contributed by atoms with Gasteiger partial charge in [-0.25, -0.2) is 8.42 Å². The van der Waals surface area contributed by atoms with Crippen molar-refractivity contribution in [3.8, 4) is 5.75 Å². The normalized spacial score (nSPS) is 12.0. The minimum atomic E-state index is -3.78. The smallest absolute Gasteiger partial charge is 0.244 e. The van der Waals surface area contributed by atoms with Gasteiger partial charge in [-0.05, 0) is 37.0 Å². The number of nitrogens with one attached hydrogen (secondary N) is 1. The number of amides is 2. The third-order valence-corrected chi connectivity index (χ3v) is 6.58. The van der Waals surface area contributed by atoms with Crippen LogP contribution in [0.25, 0.3) is 0 Å². The highest BCUT2D eigenvalue weighted by atomic mass is 32.2. The molecule has 2 aromatic rings. The van der Waals surface area contributed by atoms with Gasteiger partial charge in [-0.1, -0.05) is 50.2 Å². The largest absolute Gasteiger partial charge is 0.497 e. The Morgan fingerprint density at radius 3 is 2.35 bits per heavy atom. The van der Waals surface area contributed by atoms with E-state index in [2.05, 4.69) is 5.32 Å². The Hall–Kier alpha value is -3.07. The van der Waals surface area contributed by atoms with Gasteiger partial charge < -0.3 is 15.0 Å². The van der Waals surface area contributed by atoms with Crippen LogP contribution in [0.1, 0.15) is 32.3 Å². The average Bonchev–Trinajstić information content (AvgIpc) is 2.83. The van der Waals surface area contributed by atoms with Crippen LogP contribution in [0.4, 0.5) is 5.69 Å². The Morgan fingerprint density at radius 2 is 1.76 bits per heavy atom. The maximum atomic E-state index is 13.5. The van der Waals surface area contributed by atoms with E-state index in [1.807, 2.05) is 44.2 Å². The molecule has 2 aromatic carbocycles. The third-order valence-electron chi connectivity index (χ3n) is 5.44. The average molecular weight is 490 g/mol. The maximum Gasteiger partial charge on any atom is 0.244 e. The summed E-state index contributed by atoms with van der Waals surface area (Å²) in [5, 5.41) is 2.87. The van der Waals surface area contributed by atoms with Crippen molar-refractivity contribution in [2.75, 3.05) is 37.3 Å². The van der Waals surface area contributed by atoms with Gasteiger partial charge >= 0.3 is 0 Å². The highest BCUT2D eigenvalue weighted by Crippen LogP contribution is 2.23. The van der Waals surface area contributed by atoms with Crippen molar-refractivity contribution < 1.29 is 22.7 Å². The van der Waals surface area contributed by atoms with Crippen LogP contribution in [0.15, 0.2) is 54.6 Å². The first-order valence-corrected chi connectivity index (χ1v) is 13.3. The van der Waals surface area contributed by atoms with Crippen LogP contribution in [-0.4, -0.2) is 64.2 Å². The zero-order valence-corrected chi connectivity index (χ0v) is 21.2. The zero-order chi connectivity index (χ0) is 25.1. The lowest BCUT2D eigenvalue weighted by molar-refractivity contribution is -0.139. The molecule has 8 nitrogen and oxygen atoms in total. The molecule has 2 amide bonds. The fourth-order valence-corrected chi connectivity index (χ4v) is 4.48. The van der Waals surface area contributed by atoms with Crippen molar-refractivity contribution in [1.82, 2.24) is 10.2 Å². The summed E-state index contributed by atoms with van der Waals surface area (Å²) < 4.78 is 31.5. The van der Waals surface area contributed by atoms with Gasteiger partial charge in [0.05, 0.1) is 19.1 Å². The molecule has 0 fully saturated rings. The Morgan fingerprint density at radius 1 is 1.06 bits per heavy atom. The van der Waals surface area contributed by atoms with Crippen molar-refractivity contribution in [2.45, 2.75) is 39.2 Å². The SMILES string of the molecule is CCCNC(=O)[C@@H](CC)N(CCc1ccccc1)C(=O)CN(c1cccc(OC)c1)S(C)(=O)=O. The lowest BCUT2D eigenvalue weighted by Crippen LogP contribution is -2.53. The number of hydrogen-bond donors (Lipinski definition) is 1. The van der Waals surface area contributed by atoms with E-state index < -0.39 is 28.5 Å². The number of carbonyl (C=O) groups is 2. The van der Waals surface area contributed by atoms with Gasteiger partial charge in [-0.2, -0.15) is 0 Å². The van der Waals surface area contributed by atoms with Gasteiger partial charge in [0.2, 0.25) is 21.8 Å².